The van der Waals surface area contributed by atoms with Crippen molar-refractivity contribution in [2.45, 2.75) is 38.5 Å². The molecule has 0 aliphatic rings. The monoisotopic (exact) mass is 424 g/mol. The summed E-state index contributed by atoms with van der Waals surface area (Å²) in [5.74, 6) is -0.147. The molecule has 6 nitrogen and oxygen atoms in total. The fraction of sp³-hybridized carbons (Fsp3) is 0.353. The summed E-state index contributed by atoms with van der Waals surface area (Å²) < 4.78 is 7.10. The Kier molecular flexibility index (Phi) is 5.65. The quantitative estimate of drug-likeness (QED) is 0.570. The van der Waals surface area contributed by atoms with Crippen LogP contribution in [0.2, 0.25) is 19.6 Å². The number of rotatable bonds is 6. The van der Waals surface area contributed by atoms with Gasteiger partial charge in [-0.25, -0.2) is 9.36 Å². The Labute approximate surface area is 155 Å². The number of halogens is 1. The molecule has 0 bridgehead atoms. The molecule has 0 saturated heterocycles. The average Bonchev–Trinajstić information content (AvgIpc) is 2.57. The molecular weight excluding hydrogens is 404 g/mol. The summed E-state index contributed by atoms with van der Waals surface area (Å²) in [6.07, 6.45) is 1.29. The Morgan fingerprint density at radius 3 is 2.40 bits per heavy atom. The number of ketones is 1. The zero-order chi connectivity index (χ0) is 18.8. The number of nitrogens with zero attached hydrogens (tertiary/aromatic N) is 1. The van der Waals surface area contributed by atoms with E-state index in [0.717, 1.165) is 4.57 Å². The first-order valence-corrected chi connectivity index (χ1v) is 12.1. The van der Waals surface area contributed by atoms with Crippen molar-refractivity contribution in [1.29, 1.82) is 0 Å². The van der Waals surface area contributed by atoms with Gasteiger partial charge in [-0.2, -0.15) is 0 Å². The predicted octanol–water partition coefficient (Wildman–Crippen LogP) is 2.79. The average molecular weight is 425 g/mol. The van der Waals surface area contributed by atoms with Crippen LogP contribution in [-0.2, 0) is 11.5 Å². The number of carbonyl (C=O) groups is 1. The minimum Gasteiger partial charge on any atom is -0.350 e. The van der Waals surface area contributed by atoms with Crippen LogP contribution in [-0.4, -0.2) is 28.6 Å². The second kappa shape index (κ2) is 7.23. The van der Waals surface area contributed by atoms with Gasteiger partial charge >= 0.3 is 5.69 Å². The molecule has 0 saturated carbocycles. The highest BCUT2D eigenvalue weighted by Crippen LogP contribution is 2.29. The summed E-state index contributed by atoms with van der Waals surface area (Å²) in [5.41, 5.74) is -0.546. The van der Waals surface area contributed by atoms with Crippen LogP contribution in [0, 0.1) is 0 Å². The summed E-state index contributed by atoms with van der Waals surface area (Å²) >= 11 is 3.09. The van der Waals surface area contributed by atoms with Gasteiger partial charge in [-0.15, -0.1) is 0 Å². The third kappa shape index (κ3) is 3.91. The van der Waals surface area contributed by atoms with Crippen molar-refractivity contribution in [2.75, 3.05) is 0 Å². The Morgan fingerprint density at radius 2 is 1.84 bits per heavy atom. The fourth-order valence-corrected chi connectivity index (χ4v) is 3.94. The van der Waals surface area contributed by atoms with E-state index in [1.54, 1.807) is 31.2 Å². The van der Waals surface area contributed by atoms with Crippen LogP contribution in [0.3, 0.4) is 0 Å². The lowest BCUT2D eigenvalue weighted by molar-refractivity contribution is -0.0112. The summed E-state index contributed by atoms with van der Waals surface area (Å²) in [7, 11) is -2.17. The number of nitrogens with one attached hydrogen (secondary N) is 1. The SMILES string of the molecule is CC(OCn1c(=O)[nH]cc(Br)c1=O)(C(=O)c1ccccc1)[Si](C)(C)C. The summed E-state index contributed by atoms with van der Waals surface area (Å²) in [6, 6.07) is 8.90. The maximum Gasteiger partial charge on any atom is 0.330 e. The summed E-state index contributed by atoms with van der Waals surface area (Å²) in [4.78, 5) is 39.6. The summed E-state index contributed by atoms with van der Waals surface area (Å²) in [5, 5.41) is -1.09. The Morgan fingerprint density at radius 1 is 1.24 bits per heavy atom. The molecule has 1 heterocycles. The number of Topliss-reactive ketones (excluding diaryl/α,β-unsaturated/α-hetero) is 1. The molecular formula is C17H21BrN2O4Si. The van der Waals surface area contributed by atoms with E-state index in [9.17, 15) is 14.4 Å². The first-order chi connectivity index (χ1) is 11.6. The predicted molar refractivity (Wildman–Crippen MR) is 103 cm³/mol. The van der Waals surface area contributed by atoms with Crippen molar-refractivity contribution >= 4 is 29.8 Å². The third-order valence-electron chi connectivity index (χ3n) is 4.40. The van der Waals surface area contributed by atoms with Crippen LogP contribution >= 0.6 is 15.9 Å². The molecule has 1 N–H and O–H groups in total. The van der Waals surface area contributed by atoms with Gasteiger partial charge in [0.15, 0.2) is 5.78 Å². The molecule has 1 aromatic carbocycles. The van der Waals surface area contributed by atoms with Crippen LogP contribution in [0.5, 0.6) is 0 Å². The minimum atomic E-state index is -2.17. The van der Waals surface area contributed by atoms with E-state index < -0.39 is 24.5 Å². The maximum atomic E-state index is 13.1. The fourth-order valence-electron chi connectivity index (χ4n) is 2.28. The molecule has 1 unspecified atom stereocenters. The topological polar surface area (TPSA) is 81.2 Å². The van der Waals surface area contributed by atoms with Crippen LogP contribution in [0.4, 0.5) is 0 Å². The van der Waals surface area contributed by atoms with E-state index in [2.05, 4.69) is 20.9 Å². The highest BCUT2D eigenvalue weighted by molar-refractivity contribution is 9.10. The van der Waals surface area contributed by atoms with Crippen LogP contribution in [0.1, 0.15) is 17.3 Å². The molecule has 1 aromatic heterocycles. The molecule has 0 amide bonds. The van der Waals surface area contributed by atoms with Crippen molar-refractivity contribution in [3.05, 3.63) is 67.4 Å². The third-order valence-corrected chi connectivity index (χ3v) is 8.20. The van der Waals surface area contributed by atoms with Gasteiger partial charge in [-0.1, -0.05) is 50.0 Å². The summed E-state index contributed by atoms with van der Waals surface area (Å²) in [6.45, 7) is 7.49. The number of ether oxygens (including phenoxy) is 1. The molecule has 0 fully saturated rings. The van der Waals surface area contributed by atoms with Crippen molar-refractivity contribution in [2.24, 2.45) is 0 Å². The minimum absolute atomic E-state index is 0.147. The first kappa shape index (κ1) is 19.6. The second-order valence-corrected chi connectivity index (χ2v) is 13.2. The highest BCUT2D eigenvalue weighted by atomic mass is 79.9. The van der Waals surface area contributed by atoms with Gasteiger partial charge in [0.05, 0.1) is 12.5 Å². The lowest BCUT2D eigenvalue weighted by atomic mass is 10.1. The number of aromatic nitrogens is 2. The van der Waals surface area contributed by atoms with Crippen LogP contribution in [0.15, 0.2) is 50.6 Å². The Balaban J connectivity index is 2.41. The van der Waals surface area contributed by atoms with E-state index in [4.69, 9.17) is 4.74 Å². The Bertz CT molecular complexity index is 886. The number of hydrogen-bond acceptors (Lipinski definition) is 4. The largest absolute Gasteiger partial charge is 0.350 e. The molecule has 8 heteroatoms. The smallest absolute Gasteiger partial charge is 0.330 e. The molecule has 0 aliphatic carbocycles. The number of carbonyl (C=O) groups excluding carboxylic acids is 1. The van der Waals surface area contributed by atoms with E-state index in [-0.39, 0.29) is 17.0 Å². The number of benzene rings is 1. The first-order valence-electron chi connectivity index (χ1n) is 7.80. The zero-order valence-corrected chi connectivity index (χ0v) is 17.2. The van der Waals surface area contributed by atoms with Crippen molar-refractivity contribution in [3.8, 4) is 0 Å². The molecule has 0 spiro atoms. The molecule has 0 aliphatic heterocycles. The zero-order valence-electron chi connectivity index (χ0n) is 14.6. The normalized spacial score (nSPS) is 14.1. The maximum absolute atomic E-state index is 13.1. The van der Waals surface area contributed by atoms with Crippen LogP contribution in [0.25, 0.3) is 0 Å². The van der Waals surface area contributed by atoms with Crippen molar-refractivity contribution in [1.82, 2.24) is 9.55 Å². The number of hydrogen-bond donors (Lipinski definition) is 1. The molecule has 0 radical (unpaired) electrons. The number of H-pyrrole nitrogens is 1. The van der Waals surface area contributed by atoms with Gasteiger partial charge in [-0.05, 0) is 22.9 Å². The molecule has 25 heavy (non-hydrogen) atoms. The standard InChI is InChI=1S/C17H21BrN2O4Si/c1-17(25(2,3)4,14(21)12-8-6-5-7-9-12)24-11-20-15(22)13(18)10-19-16(20)23/h5-10H,11H2,1-4H3,(H,19,23). The second-order valence-electron chi connectivity index (χ2n) is 6.93. The van der Waals surface area contributed by atoms with Crippen molar-refractivity contribution < 1.29 is 9.53 Å². The lowest BCUT2D eigenvalue weighted by Gasteiger charge is -2.39. The molecule has 1 atom stereocenters. The Hall–Kier alpha value is -1.77. The van der Waals surface area contributed by atoms with Crippen LogP contribution < -0.4 is 11.2 Å². The van der Waals surface area contributed by atoms with E-state index in [1.165, 1.54) is 6.20 Å². The van der Waals surface area contributed by atoms with Gasteiger partial charge in [-0.3, -0.25) is 9.59 Å². The van der Waals surface area contributed by atoms with Gasteiger partial charge in [0.2, 0.25) is 0 Å². The van der Waals surface area contributed by atoms with Gasteiger partial charge in [0.1, 0.15) is 12.0 Å². The molecule has 2 rings (SSSR count). The van der Waals surface area contributed by atoms with E-state index in [1.807, 2.05) is 25.7 Å². The van der Waals surface area contributed by atoms with Gasteiger partial charge in [0.25, 0.3) is 5.56 Å². The molecule has 2 aromatic rings. The number of aromatic amines is 1. The highest BCUT2D eigenvalue weighted by Gasteiger charge is 2.47. The van der Waals surface area contributed by atoms with Gasteiger partial charge in [0, 0.05) is 11.8 Å². The van der Waals surface area contributed by atoms with Gasteiger partial charge < -0.3 is 9.72 Å². The lowest BCUT2D eigenvalue weighted by Crippen LogP contribution is -2.58. The van der Waals surface area contributed by atoms with Crippen molar-refractivity contribution in [3.63, 3.8) is 0 Å². The molecule has 134 valence electrons. The van der Waals surface area contributed by atoms with E-state index in [0.29, 0.717) is 5.56 Å². The van der Waals surface area contributed by atoms with E-state index >= 15 is 0 Å².